The van der Waals surface area contributed by atoms with E-state index in [0.29, 0.717) is 12.6 Å². The fourth-order valence-corrected chi connectivity index (χ4v) is 5.45. The molecule has 3 aliphatic rings. The van der Waals surface area contributed by atoms with Gasteiger partial charge >= 0.3 is 0 Å². The van der Waals surface area contributed by atoms with Crippen molar-refractivity contribution in [2.45, 2.75) is 31.6 Å². The van der Waals surface area contributed by atoms with Gasteiger partial charge in [0.2, 0.25) is 0 Å². The molecule has 5 N–H and O–H groups in total. The highest BCUT2D eigenvalue weighted by molar-refractivity contribution is 6.04. The van der Waals surface area contributed by atoms with Gasteiger partial charge in [0, 0.05) is 69.8 Å². The monoisotopic (exact) mass is 466 g/mol. The number of benzene rings is 1. The molecule has 0 saturated carbocycles. The Kier molecular flexibility index (Phi) is 6.42. The molecule has 4 heterocycles. The van der Waals surface area contributed by atoms with E-state index in [1.54, 1.807) is 7.11 Å². The molecule has 34 heavy (non-hydrogen) atoms. The second-order valence-electron chi connectivity index (χ2n) is 9.59. The molecule has 1 atom stereocenters. The summed E-state index contributed by atoms with van der Waals surface area (Å²) in [6.07, 6.45) is 4.29. The molecule has 1 aromatic carbocycles. The molecule has 9 nitrogen and oxygen atoms in total. The largest absolute Gasteiger partial charge is 0.496 e. The van der Waals surface area contributed by atoms with Crippen molar-refractivity contribution >= 4 is 17.2 Å². The number of rotatable bonds is 5. The number of nitrogens with zero attached hydrogens (tertiary/aromatic N) is 4. The van der Waals surface area contributed by atoms with Gasteiger partial charge in [0.05, 0.1) is 18.4 Å². The van der Waals surface area contributed by atoms with Crippen LogP contribution in [0.25, 0.3) is 0 Å². The Morgan fingerprint density at radius 2 is 1.85 bits per heavy atom. The van der Waals surface area contributed by atoms with Crippen LogP contribution < -0.4 is 26.0 Å². The van der Waals surface area contributed by atoms with E-state index in [2.05, 4.69) is 60.6 Å². The molecule has 1 aromatic heterocycles. The summed E-state index contributed by atoms with van der Waals surface area (Å²) in [6.45, 7) is 9.53. The molecule has 0 spiro atoms. The highest BCUT2D eigenvalue weighted by atomic mass is 16.5. The van der Waals surface area contributed by atoms with Crippen molar-refractivity contribution in [3.63, 3.8) is 0 Å². The van der Waals surface area contributed by atoms with Gasteiger partial charge in [-0.15, -0.1) is 0 Å². The van der Waals surface area contributed by atoms with Crippen molar-refractivity contribution in [1.29, 1.82) is 0 Å². The minimum Gasteiger partial charge on any atom is -0.496 e. The Morgan fingerprint density at radius 3 is 2.56 bits per heavy atom. The number of anilines is 2. The summed E-state index contributed by atoms with van der Waals surface area (Å²) in [5, 5.41) is 6.82. The van der Waals surface area contributed by atoms with E-state index in [1.807, 2.05) is 19.2 Å². The molecule has 9 heteroatoms. The van der Waals surface area contributed by atoms with Crippen LogP contribution in [0.2, 0.25) is 0 Å². The van der Waals surface area contributed by atoms with Crippen LogP contribution in [0.4, 0.5) is 11.4 Å². The van der Waals surface area contributed by atoms with Crippen LogP contribution in [0.1, 0.15) is 31.0 Å². The van der Waals surface area contributed by atoms with Gasteiger partial charge in [0.15, 0.2) is 5.79 Å². The van der Waals surface area contributed by atoms with Crippen molar-refractivity contribution in [2.24, 2.45) is 10.7 Å². The Morgan fingerprint density at radius 1 is 1.09 bits per heavy atom. The third kappa shape index (κ3) is 4.35. The number of aliphatic imine (C=N–C) groups is 1. The van der Waals surface area contributed by atoms with Crippen LogP contribution in [-0.4, -0.2) is 86.6 Å². The maximum absolute atomic E-state index is 6.87. The van der Waals surface area contributed by atoms with Crippen molar-refractivity contribution in [1.82, 2.24) is 20.1 Å². The van der Waals surface area contributed by atoms with Crippen LogP contribution in [0.5, 0.6) is 5.75 Å². The lowest BCUT2D eigenvalue weighted by molar-refractivity contribution is 0.0982. The maximum Gasteiger partial charge on any atom is 0.194 e. The zero-order valence-corrected chi connectivity index (χ0v) is 20.6. The van der Waals surface area contributed by atoms with Crippen molar-refractivity contribution in [3.8, 4) is 5.75 Å². The summed E-state index contributed by atoms with van der Waals surface area (Å²) in [5.74, 6) is 0.485. The summed E-state index contributed by atoms with van der Waals surface area (Å²) < 4.78 is 5.84. The number of nitrogens with one attached hydrogen (secondary N) is 3. The molecule has 2 aromatic rings. The number of nitrogens with two attached hydrogens (primary N) is 1. The lowest BCUT2D eigenvalue weighted by Crippen LogP contribution is -2.61. The summed E-state index contributed by atoms with van der Waals surface area (Å²) in [5.41, 5.74) is 10.7. The van der Waals surface area contributed by atoms with E-state index in [4.69, 9.17) is 10.5 Å². The lowest BCUT2D eigenvalue weighted by Gasteiger charge is -2.43. The number of piperazine rings is 1. The summed E-state index contributed by atoms with van der Waals surface area (Å²) in [4.78, 5) is 15.4. The molecular weight excluding hydrogens is 428 g/mol. The van der Waals surface area contributed by atoms with Crippen LogP contribution in [0.3, 0.4) is 0 Å². The van der Waals surface area contributed by atoms with Gasteiger partial charge in [-0.25, -0.2) is 0 Å². The number of likely N-dealkylation sites (N-methyl/N-ethyl adjacent to an activating group) is 1. The van der Waals surface area contributed by atoms with Gasteiger partial charge in [-0.2, -0.15) is 0 Å². The average Bonchev–Trinajstić information content (AvgIpc) is 3.33. The third-order valence-electron chi connectivity index (χ3n) is 7.44. The number of ether oxygens (including phenoxy) is 1. The third-order valence-corrected chi connectivity index (χ3v) is 7.44. The molecule has 2 saturated heterocycles. The van der Waals surface area contributed by atoms with E-state index in [0.717, 1.165) is 41.6 Å². The first-order valence-corrected chi connectivity index (χ1v) is 12.4. The van der Waals surface area contributed by atoms with Crippen molar-refractivity contribution < 1.29 is 4.74 Å². The topological polar surface area (TPSA) is 97.2 Å². The molecule has 0 aliphatic carbocycles. The highest BCUT2D eigenvalue weighted by Crippen LogP contribution is 2.36. The summed E-state index contributed by atoms with van der Waals surface area (Å²) in [7, 11) is 3.92. The molecule has 0 bridgehead atoms. The molecular formula is C25H38N8O. The number of aromatic amines is 1. The maximum atomic E-state index is 6.87. The van der Waals surface area contributed by atoms with Gasteiger partial charge in [-0.3, -0.25) is 15.6 Å². The number of piperidine rings is 1. The smallest absolute Gasteiger partial charge is 0.194 e. The number of amidine groups is 1. The standard InChI is InChI=1S/C25H38N8O/c1-4-27-24-23-21(7-10-28-23)29-25(26,30-24)20-6-5-19(17-22(20)34-3)32-11-8-18(9-12-32)33-15-13-31(2)14-16-33/h5-7,10,17-18,28-29H,4,8-9,11-16,26H2,1-3H3,(H,27,30). The Bertz CT molecular complexity index is 1020. The van der Waals surface area contributed by atoms with Gasteiger partial charge in [0.1, 0.15) is 17.3 Å². The quantitative estimate of drug-likeness (QED) is 0.533. The van der Waals surface area contributed by atoms with Gasteiger partial charge in [-0.05, 0) is 45.0 Å². The highest BCUT2D eigenvalue weighted by Gasteiger charge is 2.38. The molecule has 0 amide bonds. The number of H-pyrrole nitrogens is 1. The fourth-order valence-electron chi connectivity index (χ4n) is 5.45. The van der Waals surface area contributed by atoms with E-state index >= 15 is 0 Å². The first-order chi connectivity index (χ1) is 16.5. The van der Waals surface area contributed by atoms with E-state index in [1.165, 1.54) is 44.7 Å². The summed E-state index contributed by atoms with van der Waals surface area (Å²) >= 11 is 0. The number of hydrogen-bond donors (Lipinski definition) is 4. The second-order valence-corrected chi connectivity index (χ2v) is 9.59. The van der Waals surface area contributed by atoms with Crippen molar-refractivity contribution in [2.75, 3.05) is 70.2 Å². The second kappa shape index (κ2) is 9.48. The van der Waals surface area contributed by atoms with Crippen LogP contribution in [-0.2, 0) is 5.79 Å². The molecule has 0 radical (unpaired) electrons. The summed E-state index contributed by atoms with van der Waals surface area (Å²) in [6, 6.07) is 9.03. The molecule has 184 valence electrons. The normalized spacial score (nSPS) is 25.6. The van der Waals surface area contributed by atoms with E-state index < -0.39 is 5.79 Å². The van der Waals surface area contributed by atoms with Gasteiger partial charge in [0.25, 0.3) is 0 Å². The van der Waals surface area contributed by atoms with E-state index in [-0.39, 0.29) is 0 Å². The van der Waals surface area contributed by atoms with Gasteiger partial charge < -0.3 is 30.2 Å². The molecule has 2 fully saturated rings. The minimum absolute atomic E-state index is 0.664. The zero-order valence-electron chi connectivity index (χ0n) is 20.6. The van der Waals surface area contributed by atoms with Crippen LogP contribution >= 0.6 is 0 Å². The first kappa shape index (κ1) is 23.0. The molecule has 5 rings (SSSR count). The predicted molar refractivity (Wildman–Crippen MR) is 138 cm³/mol. The number of aromatic nitrogens is 1. The first-order valence-electron chi connectivity index (χ1n) is 12.4. The van der Waals surface area contributed by atoms with Crippen LogP contribution in [0.15, 0.2) is 35.5 Å². The lowest BCUT2D eigenvalue weighted by atomic mass is 9.99. The Labute approximate surface area is 202 Å². The zero-order chi connectivity index (χ0) is 23.7. The minimum atomic E-state index is -1.03. The number of fused-ring (bicyclic) bond motifs is 1. The van der Waals surface area contributed by atoms with Crippen molar-refractivity contribution in [3.05, 3.63) is 41.7 Å². The van der Waals surface area contributed by atoms with E-state index in [9.17, 15) is 0 Å². The predicted octanol–water partition coefficient (Wildman–Crippen LogP) is 1.79. The molecule has 3 aliphatic heterocycles. The van der Waals surface area contributed by atoms with Gasteiger partial charge in [-0.1, -0.05) is 0 Å². The number of methoxy groups -OCH3 is 1. The van der Waals surface area contributed by atoms with Crippen LogP contribution in [0, 0.1) is 0 Å². The SMILES string of the molecule is CCN=C1NC(N)(c2ccc(N3CCC(N4CCN(C)CC4)CC3)cc2OC)Nc2cc[nH]c21. The average molecular weight is 467 g/mol. The Balaban J connectivity index is 1.32. The number of hydrogen-bond acceptors (Lipinski definition) is 7. The Hall–Kier alpha value is -2.75. The molecule has 1 unspecified atom stereocenters. The fraction of sp³-hybridized carbons (Fsp3) is 0.560.